The maximum absolute atomic E-state index is 14.7. The Morgan fingerprint density at radius 3 is 2.69 bits per heavy atom. The molecule has 0 atom stereocenters. The number of likely N-dealkylation sites (N-methyl/N-ethyl adjacent to an activating group) is 1. The second-order valence-corrected chi connectivity index (χ2v) is 11.6. The molecule has 1 saturated heterocycles. The van der Waals surface area contributed by atoms with E-state index in [2.05, 4.69) is 40.3 Å². The first kappa shape index (κ1) is 28.8. The van der Waals surface area contributed by atoms with Gasteiger partial charge in [0.2, 0.25) is 0 Å². The van der Waals surface area contributed by atoms with E-state index in [1.165, 1.54) is 25.0 Å². The second-order valence-electron chi connectivity index (χ2n) is 11.6. The minimum Gasteiger partial charge on any atom is -0.491 e. The maximum atomic E-state index is 14.7. The SMILES string of the molecule is CN(C)CCNc1cc(F)cc(-c2nccc3[nH]c(-c4n[nH]c5ccc(-c6cncc(OCCN7CCCC7)c6)nc45)nc23)c1. The van der Waals surface area contributed by atoms with Gasteiger partial charge < -0.3 is 19.9 Å². The van der Waals surface area contributed by atoms with Gasteiger partial charge in [0.05, 0.1) is 28.6 Å². The van der Waals surface area contributed by atoms with E-state index in [1.807, 2.05) is 44.4 Å². The predicted molar refractivity (Wildman–Crippen MR) is 174 cm³/mol. The summed E-state index contributed by atoms with van der Waals surface area (Å²) in [5.41, 5.74) is 6.88. The van der Waals surface area contributed by atoms with Gasteiger partial charge in [0.25, 0.3) is 0 Å². The smallest absolute Gasteiger partial charge is 0.161 e. The third-order valence-corrected chi connectivity index (χ3v) is 7.98. The molecule has 1 aliphatic heterocycles. The van der Waals surface area contributed by atoms with Gasteiger partial charge in [-0.25, -0.2) is 14.4 Å². The molecule has 0 unspecified atom stereocenters. The molecule has 12 heteroatoms. The van der Waals surface area contributed by atoms with Crippen LogP contribution in [-0.4, -0.2) is 98.3 Å². The lowest BCUT2D eigenvalue weighted by atomic mass is 10.1. The molecule has 5 aromatic heterocycles. The molecule has 7 rings (SSSR count). The second kappa shape index (κ2) is 12.6. The number of nitrogens with one attached hydrogen (secondary N) is 3. The van der Waals surface area contributed by atoms with Crippen LogP contribution < -0.4 is 10.1 Å². The number of imidazole rings is 1. The molecule has 0 aliphatic carbocycles. The third kappa shape index (κ3) is 6.33. The average Bonchev–Trinajstić information content (AvgIpc) is 3.80. The van der Waals surface area contributed by atoms with Crippen LogP contribution in [0.1, 0.15) is 12.8 Å². The number of hydrogen-bond acceptors (Lipinski definition) is 9. The summed E-state index contributed by atoms with van der Waals surface area (Å²) < 4.78 is 20.7. The van der Waals surface area contributed by atoms with Crippen molar-refractivity contribution >= 4 is 27.8 Å². The summed E-state index contributed by atoms with van der Waals surface area (Å²) in [6, 6.07) is 12.5. The van der Waals surface area contributed by atoms with Crippen molar-refractivity contribution in [1.82, 2.24) is 44.9 Å². The van der Waals surface area contributed by atoms with Crippen LogP contribution in [-0.2, 0) is 0 Å². The average molecular weight is 607 g/mol. The summed E-state index contributed by atoms with van der Waals surface area (Å²) >= 11 is 0. The maximum Gasteiger partial charge on any atom is 0.161 e. The third-order valence-electron chi connectivity index (χ3n) is 7.98. The molecule has 0 spiro atoms. The van der Waals surface area contributed by atoms with E-state index in [0.29, 0.717) is 58.4 Å². The fourth-order valence-corrected chi connectivity index (χ4v) is 5.67. The molecule has 0 bridgehead atoms. The number of benzene rings is 1. The number of hydrogen-bond donors (Lipinski definition) is 3. The van der Waals surface area contributed by atoms with Gasteiger partial charge in [0.15, 0.2) is 11.5 Å². The van der Waals surface area contributed by atoms with Gasteiger partial charge in [-0.15, -0.1) is 0 Å². The first-order valence-corrected chi connectivity index (χ1v) is 15.2. The Bertz CT molecular complexity index is 1950. The van der Waals surface area contributed by atoms with Gasteiger partial charge in [-0.05, 0) is 82.5 Å². The van der Waals surface area contributed by atoms with Crippen LogP contribution in [0.2, 0.25) is 0 Å². The molecule has 230 valence electrons. The number of nitrogens with zero attached hydrogens (tertiary/aromatic N) is 7. The predicted octanol–water partition coefficient (Wildman–Crippen LogP) is 5.21. The van der Waals surface area contributed by atoms with Crippen LogP contribution in [0.4, 0.5) is 10.1 Å². The number of pyridine rings is 3. The Morgan fingerprint density at radius 1 is 0.956 bits per heavy atom. The van der Waals surface area contributed by atoms with E-state index >= 15 is 0 Å². The van der Waals surface area contributed by atoms with E-state index in [1.54, 1.807) is 18.6 Å². The zero-order valence-corrected chi connectivity index (χ0v) is 25.3. The quantitative estimate of drug-likeness (QED) is 0.182. The highest BCUT2D eigenvalue weighted by Gasteiger charge is 2.18. The lowest BCUT2D eigenvalue weighted by molar-refractivity contribution is 0.237. The highest BCUT2D eigenvalue weighted by molar-refractivity contribution is 5.95. The fourth-order valence-electron chi connectivity index (χ4n) is 5.67. The summed E-state index contributed by atoms with van der Waals surface area (Å²) in [4.78, 5) is 26.7. The Kier molecular flexibility index (Phi) is 8.05. The monoisotopic (exact) mass is 606 g/mol. The Balaban J connectivity index is 1.17. The van der Waals surface area contributed by atoms with Gasteiger partial charge in [0.1, 0.15) is 29.2 Å². The first-order valence-electron chi connectivity index (χ1n) is 15.2. The summed E-state index contributed by atoms with van der Waals surface area (Å²) in [6.45, 7) is 5.33. The van der Waals surface area contributed by atoms with Crippen molar-refractivity contribution in [3.05, 3.63) is 66.9 Å². The molecular weight excluding hydrogens is 571 g/mol. The fraction of sp³-hybridized carbons (Fsp3) is 0.303. The van der Waals surface area contributed by atoms with Crippen LogP contribution in [0.25, 0.3) is 56.1 Å². The zero-order chi connectivity index (χ0) is 30.8. The van der Waals surface area contributed by atoms with E-state index in [4.69, 9.17) is 14.7 Å². The van der Waals surface area contributed by atoms with Crippen LogP contribution in [0.5, 0.6) is 5.75 Å². The number of anilines is 1. The molecule has 6 heterocycles. The molecule has 1 fully saturated rings. The standard InChI is InChI=1S/C33H35FN10O/c1-43(2)12-9-36-24-16-21(15-23(34)18-24)29-30-27(7-8-37-29)39-33(40-30)32-31-28(41-42-32)6-5-26(38-31)22-17-25(20-35-19-22)45-14-13-44-10-3-4-11-44/h5-8,15-20,36H,3-4,9-14H2,1-2H3,(H,39,40)(H,41,42). The largest absolute Gasteiger partial charge is 0.491 e. The number of rotatable bonds is 11. The van der Waals surface area contributed by atoms with Crippen molar-refractivity contribution in [1.29, 1.82) is 0 Å². The number of fused-ring (bicyclic) bond motifs is 2. The van der Waals surface area contributed by atoms with Crippen molar-refractivity contribution in [3.63, 3.8) is 0 Å². The Labute approximate surface area is 259 Å². The zero-order valence-electron chi connectivity index (χ0n) is 25.3. The highest BCUT2D eigenvalue weighted by Crippen LogP contribution is 2.32. The van der Waals surface area contributed by atoms with Crippen molar-refractivity contribution in [2.75, 3.05) is 58.7 Å². The molecule has 6 aromatic rings. The molecule has 1 aliphatic rings. The minimum absolute atomic E-state index is 0.347. The number of likely N-dealkylation sites (tertiary alicyclic amines) is 1. The van der Waals surface area contributed by atoms with Gasteiger partial charge >= 0.3 is 0 Å². The lowest BCUT2D eigenvalue weighted by Gasteiger charge is -2.15. The first-order chi connectivity index (χ1) is 22.0. The molecule has 3 N–H and O–H groups in total. The van der Waals surface area contributed by atoms with Crippen LogP contribution in [0.3, 0.4) is 0 Å². The molecule has 45 heavy (non-hydrogen) atoms. The molecule has 1 aromatic carbocycles. The Hall–Kier alpha value is -4.94. The van der Waals surface area contributed by atoms with Crippen LogP contribution in [0.15, 0.2) is 61.1 Å². The van der Waals surface area contributed by atoms with Crippen molar-refractivity contribution in [2.45, 2.75) is 12.8 Å². The number of aromatic nitrogens is 7. The summed E-state index contributed by atoms with van der Waals surface area (Å²) in [5.74, 6) is 0.903. The van der Waals surface area contributed by atoms with E-state index in [9.17, 15) is 4.39 Å². The van der Waals surface area contributed by atoms with Gasteiger partial charge in [-0.3, -0.25) is 20.0 Å². The molecule has 0 saturated carbocycles. The lowest BCUT2D eigenvalue weighted by Crippen LogP contribution is -2.25. The molecule has 0 amide bonds. The number of ether oxygens (including phenoxy) is 1. The van der Waals surface area contributed by atoms with Crippen molar-refractivity contribution < 1.29 is 9.13 Å². The summed E-state index contributed by atoms with van der Waals surface area (Å²) in [6.07, 6.45) is 7.72. The Morgan fingerprint density at radius 2 is 1.82 bits per heavy atom. The van der Waals surface area contributed by atoms with Crippen LogP contribution >= 0.6 is 0 Å². The van der Waals surface area contributed by atoms with Crippen molar-refractivity contribution in [2.24, 2.45) is 0 Å². The molecule has 0 radical (unpaired) electrons. The number of aromatic amines is 2. The molecular formula is C33H35FN10O. The van der Waals surface area contributed by atoms with E-state index in [-0.39, 0.29) is 5.82 Å². The van der Waals surface area contributed by atoms with E-state index in [0.717, 1.165) is 48.5 Å². The minimum atomic E-state index is -0.347. The molecule has 11 nitrogen and oxygen atoms in total. The topological polar surface area (TPSA) is 124 Å². The summed E-state index contributed by atoms with van der Waals surface area (Å²) in [5, 5.41) is 10.9. The van der Waals surface area contributed by atoms with Gasteiger partial charge in [0, 0.05) is 48.8 Å². The number of halogens is 1. The van der Waals surface area contributed by atoms with Crippen molar-refractivity contribution in [3.8, 4) is 39.8 Å². The van der Waals surface area contributed by atoms with Gasteiger partial charge in [-0.2, -0.15) is 5.10 Å². The summed E-state index contributed by atoms with van der Waals surface area (Å²) in [7, 11) is 4.00. The van der Waals surface area contributed by atoms with Crippen LogP contribution in [0, 0.1) is 5.82 Å². The number of H-pyrrole nitrogens is 2. The highest BCUT2D eigenvalue weighted by atomic mass is 19.1. The van der Waals surface area contributed by atoms with Gasteiger partial charge in [-0.1, -0.05) is 0 Å². The van der Waals surface area contributed by atoms with E-state index < -0.39 is 0 Å². The normalized spacial score (nSPS) is 13.8.